The van der Waals surface area contributed by atoms with Gasteiger partial charge in [-0.25, -0.2) is 0 Å². The standard InChI is InChI=1S/C23H25BrN2O2S2/c1-3-15-7-9-20(19(24)12-15)28-10-4-5-21(27)26-22-18(13-25)16-8-6-14(2)11-17(16)23(29)30-22/h7,9,12,14H,3-6,8,10-11H2,1-2H3,(H,26,27). The lowest BCUT2D eigenvalue weighted by atomic mass is 9.85. The minimum Gasteiger partial charge on any atom is -0.492 e. The van der Waals surface area contributed by atoms with Crippen LogP contribution in [0, 0.1) is 21.1 Å². The summed E-state index contributed by atoms with van der Waals surface area (Å²) in [6, 6.07) is 8.34. The van der Waals surface area contributed by atoms with E-state index in [1.165, 1.54) is 16.9 Å². The third kappa shape index (κ3) is 5.48. The van der Waals surface area contributed by atoms with Gasteiger partial charge < -0.3 is 10.1 Å². The Balaban J connectivity index is 1.58. The Labute approximate surface area is 195 Å². The first-order chi connectivity index (χ1) is 14.4. The first kappa shape index (κ1) is 22.9. The van der Waals surface area contributed by atoms with Gasteiger partial charge in [0.05, 0.1) is 20.5 Å². The number of nitrogens with zero attached hydrogens (tertiary/aromatic N) is 1. The summed E-state index contributed by atoms with van der Waals surface area (Å²) in [5, 5.41) is 13.2. The molecule has 3 rings (SSSR count). The highest BCUT2D eigenvalue weighted by atomic mass is 79.9. The fourth-order valence-corrected chi connectivity index (χ4v) is 5.58. The topological polar surface area (TPSA) is 62.1 Å². The zero-order valence-electron chi connectivity index (χ0n) is 17.2. The number of aryl methyl sites for hydroxylation is 1. The maximum atomic E-state index is 12.5. The minimum absolute atomic E-state index is 0.120. The number of nitriles is 1. The van der Waals surface area contributed by atoms with Crippen LogP contribution in [-0.2, 0) is 24.1 Å². The third-order valence-corrected chi connectivity index (χ3v) is 7.41. The highest BCUT2D eigenvalue weighted by Crippen LogP contribution is 2.36. The van der Waals surface area contributed by atoms with Crippen molar-refractivity contribution in [1.29, 1.82) is 5.26 Å². The van der Waals surface area contributed by atoms with Crippen molar-refractivity contribution in [3.63, 3.8) is 0 Å². The van der Waals surface area contributed by atoms with Crippen LogP contribution in [0.3, 0.4) is 0 Å². The van der Waals surface area contributed by atoms with Gasteiger partial charge in [0.1, 0.15) is 16.8 Å². The molecule has 0 radical (unpaired) electrons. The average molecular weight is 506 g/mol. The number of hydrogen-bond acceptors (Lipinski definition) is 5. The van der Waals surface area contributed by atoms with Gasteiger partial charge >= 0.3 is 0 Å². The lowest BCUT2D eigenvalue weighted by molar-refractivity contribution is -0.116. The van der Waals surface area contributed by atoms with E-state index in [0.717, 1.165) is 50.9 Å². The van der Waals surface area contributed by atoms with E-state index in [2.05, 4.69) is 47.2 Å². The first-order valence-corrected chi connectivity index (χ1v) is 12.2. The van der Waals surface area contributed by atoms with Crippen molar-refractivity contribution in [2.45, 2.75) is 52.4 Å². The molecule has 7 heteroatoms. The highest BCUT2D eigenvalue weighted by molar-refractivity contribution is 9.10. The van der Waals surface area contributed by atoms with E-state index in [4.69, 9.17) is 17.0 Å². The predicted molar refractivity (Wildman–Crippen MR) is 128 cm³/mol. The van der Waals surface area contributed by atoms with E-state index in [-0.39, 0.29) is 5.91 Å². The van der Waals surface area contributed by atoms with Crippen LogP contribution in [0.25, 0.3) is 0 Å². The van der Waals surface area contributed by atoms with E-state index in [9.17, 15) is 10.1 Å². The van der Waals surface area contributed by atoms with Crippen LogP contribution in [0.4, 0.5) is 5.00 Å². The molecule has 1 heterocycles. The quantitative estimate of drug-likeness (QED) is 0.340. The van der Waals surface area contributed by atoms with Crippen molar-refractivity contribution < 1.29 is 9.53 Å². The number of ether oxygens (including phenoxy) is 1. The second-order valence-corrected chi connectivity index (χ2v) is 10.2. The van der Waals surface area contributed by atoms with E-state index in [1.54, 1.807) is 0 Å². The van der Waals surface area contributed by atoms with Crippen molar-refractivity contribution in [1.82, 2.24) is 0 Å². The van der Waals surface area contributed by atoms with Crippen LogP contribution < -0.4 is 10.1 Å². The number of halogens is 1. The molecule has 1 amide bonds. The number of benzene rings is 1. The number of hydrogen-bond donors (Lipinski definition) is 1. The van der Waals surface area contributed by atoms with Gasteiger partial charge in [-0.1, -0.05) is 32.1 Å². The van der Waals surface area contributed by atoms with Crippen LogP contribution in [0.15, 0.2) is 22.7 Å². The molecule has 0 saturated carbocycles. The maximum absolute atomic E-state index is 12.5. The monoisotopic (exact) mass is 504 g/mol. The molecule has 2 aromatic rings. The smallest absolute Gasteiger partial charge is 0.225 e. The van der Waals surface area contributed by atoms with Gasteiger partial charge in [0.2, 0.25) is 5.91 Å². The van der Waals surface area contributed by atoms with E-state index >= 15 is 0 Å². The molecular weight excluding hydrogens is 480 g/mol. The van der Waals surface area contributed by atoms with Crippen LogP contribution in [-0.4, -0.2) is 12.5 Å². The highest BCUT2D eigenvalue weighted by Gasteiger charge is 2.23. The second kappa shape index (κ2) is 10.5. The summed E-state index contributed by atoms with van der Waals surface area (Å²) in [7, 11) is 0. The molecule has 158 valence electrons. The number of rotatable bonds is 7. The molecular formula is C23H25BrN2O2S2. The molecule has 0 bridgehead atoms. The Hall–Kier alpha value is -1.75. The first-order valence-electron chi connectivity index (χ1n) is 10.2. The molecule has 1 N–H and O–H groups in total. The SMILES string of the molecule is CCc1ccc(OCCCC(=O)Nc2sc(=S)c3c(c2C#N)CCC(C)C3)c(Br)c1. The molecule has 0 fully saturated rings. The fraction of sp³-hybridized carbons (Fsp3) is 0.435. The molecule has 0 aliphatic heterocycles. The summed E-state index contributed by atoms with van der Waals surface area (Å²) < 4.78 is 7.50. The third-order valence-electron chi connectivity index (χ3n) is 5.35. The summed E-state index contributed by atoms with van der Waals surface area (Å²) in [5.41, 5.74) is 3.97. The number of carbonyl (C=O) groups excluding carboxylic acids is 1. The van der Waals surface area contributed by atoms with Crippen molar-refractivity contribution >= 4 is 50.4 Å². The summed E-state index contributed by atoms with van der Waals surface area (Å²) in [6.07, 6.45) is 4.69. The second-order valence-electron chi connectivity index (χ2n) is 7.63. The normalized spacial score (nSPS) is 15.2. The average Bonchev–Trinajstić information content (AvgIpc) is 2.72. The minimum atomic E-state index is -0.120. The lowest BCUT2D eigenvalue weighted by Gasteiger charge is -2.23. The summed E-state index contributed by atoms with van der Waals surface area (Å²) in [6.45, 7) is 4.76. The fourth-order valence-electron chi connectivity index (χ4n) is 3.63. The predicted octanol–water partition coefficient (Wildman–Crippen LogP) is 6.60. The molecule has 1 atom stereocenters. The Bertz CT molecular complexity index is 1040. The van der Waals surface area contributed by atoms with E-state index in [0.29, 0.717) is 35.9 Å². The Morgan fingerprint density at radius 3 is 2.93 bits per heavy atom. The Kier molecular flexibility index (Phi) is 8.04. The molecule has 1 aromatic carbocycles. The molecule has 1 unspecified atom stereocenters. The number of fused-ring (bicyclic) bond motifs is 1. The van der Waals surface area contributed by atoms with E-state index < -0.39 is 0 Å². The van der Waals surface area contributed by atoms with Crippen molar-refractivity contribution in [3.05, 3.63) is 48.7 Å². The van der Waals surface area contributed by atoms with Crippen molar-refractivity contribution in [2.75, 3.05) is 11.9 Å². The molecule has 1 aliphatic carbocycles. The van der Waals surface area contributed by atoms with Gasteiger partial charge in [-0.15, -0.1) is 11.3 Å². The lowest BCUT2D eigenvalue weighted by Crippen LogP contribution is -2.17. The molecule has 1 aromatic heterocycles. The van der Waals surface area contributed by atoms with Crippen molar-refractivity contribution in [2.24, 2.45) is 5.92 Å². The summed E-state index contributed by atoms with van der Waals surface area (Å²) in [5.74, 6) is 1.24. The number of anilines is 1. The van der Waals surface area contributed by atoms with Gasteiger partial charge in [0, 0.05) is 6.42 Å². The van der Waals surface area contributed by atoms with E-state index in [1.807, 2.05) is 12.1 Å². The number of amides is 1. The summed E-state index contributed by atoms with van der Waals surface area (Å²) in [4.78, 5) is 12.5. The summed E-state index contributed by atoms with van der Waals surface area (Å²) >= 11 is 10.4. The molecule has 1 aliphatic rings. The van der Waals surface area contributed by atoms with Crippen LogP contribution in [0.1, 0.15) is 55.4 Å². The molecule has 30 heavy (non-hydrogen) atoms. The van der Waals surface area contributed by atoms with Crippen LogP contribution in [0.5, 0.6) is 5.75 Å². The number of carbonyl (C=O) groups is 1. The molecule has 0 spiro atoms. The van der Waals surface area contributed by atoms with Gasteiger partial charge in [0.25, 0.3) is 0 Å². The van der Waals surface area contributed by atoms with Crippen LogP contribution in [0.2, 0.25) is 0 Å². The largest absolute Gasteiger partial charge is 0.492 e. The van der Waals surface area contributed by atoms with Crippen molar-refractivity contribution in [3.8, 4) is 11.8 Å². The molecule has 0 saturated heterocycles. The van der Waals surface area contributed by atoms with Crippen LogP contribution >= 0.6 is 39.5 Å². The number of nitrogens with one attached hydrogen (secondary N) is 1. The Morgan fingerprint density at radius 1 is 1.43 bits per heavy atom. The Morgan fingerprint density at radius 2 is 2.23 bits per heavy atom. The van der Waals surface area contributed by atoms with Gasteiger partial charge in [-0.3, -0.25) is 4.79 Å². The van der Waals surface area contributed by atoms with Gasteiger partial charge in [0.15, 0.2) is 0 Å². The zero-order chi connectivity index (χ0) is 21.7. The van der Waals surface area contributed by atoms with Gasteiger partial charge in [-0.2, -0.15) is 5.26 Å². The zero-order valence-corrected chi connectivity index (χ0v) is 20.4. The molecule has 4 nitrogen and oxygen atoms in total. The maximum Gasteiger partial charge on any atom is 0.225 e. The van der Waals surface area contributed by atoms with Gasteiger partial charge in [-0.05, 0) is 82.8 Å².